The minimum atomic E-state index is -1.30. The third kappa shape index (κ3) is 2.28. The summed E-state index contributed by atoms with van der Waals surface area (Å²) in [6, 6.07) is 5.71. The monoisotopic (exact) mass is 181 g/mol. The molecule has 1 aromatic rings. The molecule has 0 heterocycles. The molecule has 0 fully saturated rings. The SMILES string of the molecule is Cc1ccc(CN)c(C(C)(C)F)c1. The molecule has 0 saturated carbocycles. The van der Waals surface area contributed by atoms with Gasteiger partial charge in [0.15, 0.2) is 0 Å². The molecular formula is C11H16FN. The summed E-state index contributed by atoms with van der Waals surface area (Å²) in [6.45, 7) is 5.46. The maximum absolute atomic E-state index is 13.7. The molecule has 0 aliphatic carbocycles. The van der Waals surface area contributed by atoms with Gasteiger partial charge in [-0.05, 0) is 31.9 Å². The van der Waals surface area contributed by atoms with E-state index in [1.807, 2.05) is 25.1 Å². The van der Waals surface area contributed by atoms with Gasteiger partial charge in [-0.25, -0.2) is 4.39 Å². The molecule has 0 aliphatic rings. The third-order valence-electron chi connectivity index (χ3n) is 2.13. The molecule has 0 bridgehead atoms. The Morgan fingerprint density at radius 1 is 1.38 bits per heavy atom. The fourth-order valence-corrected chi connectivity index (χ4v) is 1.42. The maximum atomic E-state index is 13.7. The second kappa shape index (κ2) is 3.46. The molecule has 0 radical (unpaired) electrons. The zero-order valence-corrected chi connectivity index (χ0v) is 8.39. The molecule has 2 heteroatoms. The van der Waals surface area contributed by atoms with Crippen molar-refractivity contribution in [2.75, 3.05) is 0 Å². The van der Waals surface area contributed by atoms with Crippen LogP contribution >= 0.6 is 0 Å². The first-order valence-electron chi connectivity index (χ1n) is 4.44. The van der Waals surface area contributed by atoms with Crippen LogP contribution < -0.4 is 5.73 Å². The molecule has 0 saturated heterocycles. The standard InChI is InChI=1S/C11H16FN/c1-8-4-5-9(7-13)10(6-8)11(2,3)12/h4-6H,7,13H2,1-3H3. The summed E-state index contributed by atoms with van der Waals surface area (Å²) in [7, 11) is 0. The highest BCUT2D eigenvalue weighted by Crippen LogP contribution is 2.28. The van der Waals surface area contributed by atoms with E-state index in [4.69, 9.17) is 5.73 Å². The second-order valence-corrected chi connectivity index (χ2v) is 3.84. The highest BCUT2D eigenvalue weighted by Gasteiger charge is 2.21. The van der Waals surface area contributed by atoms with Gasteiger partial charge in [-0.3, -0.25) is 0 Å². The molecular weight excluding hydrogens is 165 g/mol. The van der Waals surface area contributed by atoms with Crippen molar-refractivity contribution in [3.05, 3.63) is 34.9 Å². The van der Waals surface area contributed by atoms with Gasteiger partial charge in [0.25, 0.3) is 0 Å². The van der Waals surface area contributed by atoms with Crippen LogP contribution in [0.25, 0.3) is 0 Å². The molecule has 0 spiro atoms. The van der Waals surface area contributed by atoms with Crippen molar-refractivity contribution in [2.24, 2.45) is 5.73 Å². The number of aryl methyl sites for hydroxylation is 1. The lowest BCUT2D eigenvalue weighted by molar-refractivity contribution is 0.219. The number of nitrogens with two attached hydrogens (primary N) is 1. The minimum Gasteiger partial charge on any atom is -0.326 e. The Bertz CT molecular complexity index is 299. The third-order valence-corrected chi connectivity index (χ3v) is 2.13. The predicted octanol–water partition coefficient (Wildman–Crippen LogP) is 2.66. The Morgan fingerprint density at radius 3 is 2.46 bits per heavy atom. The number of hydrogen-bond acceptors (Lipinski definition) is 1. The van der Waals surface area contributed by atoms with E-state index in [0.29, 0.717) is 12.1 Å². The van der Waals surface area contributed by atoms with Gasteiger partial charge < -0.3 is 5.73 Å². The summed E-state index contributed by atoms with van der Waals surface area (Å²) in [5.41, 5.74) is 6.88. The van der Waals surface area contributed by atoms with E-state index in [-0.39, 0.29) is 0 Å². The van der Waals surface area contributed by atoms with Crippen LogP contribution in [0.5, 0.6) is 0 Å². The van der Waals surface area contributed by atoms with Gasteiger partial charge in [0.2, 0.25) is 0 Å². The average molecular weight is 181 g/mol. The maximum Gasteiger partial charge on any atom is 0.130 e. The first-order valence-corrected chi connectivity index (χ1v) is 4.44. The van der Waals surface area contributed by atoms with E-state index in [1.165, 1.54) is 0 Å². The van der Waals surface area contributed by atoms with Gasteiger partial charge in [0.1, 0.15) is 5.67 Å². The molecule has 72 valence electrons. The van der Waals surface area contributed by atoms with Gasteiger partial charge >= 0.3 is 0 Å². The molecule has 0 aliphatic heterocycles. The summed E-state index contributed by atoms with van der Waals surface area (Å²) in [6.07, 6.45) is 0. The van der Waals surface area contributed by atoms with Crippen LogP contribution in [0.2, 0.25) is 0 Å². The Hall–Kier alpha value is -0.890. The first kappa shape index (κ1) is 10.2. The Labute approximate surface area is 78.8 Å². The van der Waals surface area contributed by atoms with Gasteiger partial charge in [-0.15, -0.1) is 0 Å². The second-order valence-electron chi connectivity index (χ2n) is 3.84. The number of benzene rings is 1. The van der Waals surface area contributed by atoms with Crippen LogP contribution in [-0.4, -0.2) is 0 Å². The predicted molar refractivity (Wildman–Crippen MR) is 53.2 cm³/mol. The summed E-state index contributed by atoms with van der Waals surface area (Å²) >= 11 is 0. The van der Waals surface area contributed by atoms with Gasteiger partial charge in [-0.2, -0.15) is 0 Å². The Kier molecular flexibility index (Phi) is 2.71. The van der Waals surface area contributed by atoms with Crippen molar-refractivity contribution in [1.29, 1.82) is 0 Å². The van der Waals surface area contributed by atoms with Crippen LogP contribution in [0.4, 0.5) is 4.39 Å². The molecule has 1 nitrogen and oxygen atoms in total. The van der Waals surface area contributed by atoms with Crippen LogP contribution in [0.1, 0.15) is 30.5 Å². The fourth-order valence-electron chi connectivity index (χ4n) is 1.42. The van der Waals surface area contributed by atoms with Gasteiger partial charge in [0.05, 0.1) is 0 Å². The first-order chi connectivity index (χ1) is 5.95. The van der Waals surface area contributed by atoms with Crippen molar-refractivity contribution in [3.8, 4) is 0 Å². The molecule has 0 amide bonds. The summed E-state index contributed by atoms with van der Waals surface area (Å²) in [5, 5.41) is 0. The average Bonchev–Trinajstić information content (AvgIpc) is 2.03. The topological polar surface area (TPSA) is 26.0 Å². The van der Waals surface area contributed by atoms with Crippen LogP contribution in [-0.2, 0) is 12.2 Å². The Balaban J connectivity index is 3.24. The summed E-state index contributed by atoms with van der Waals surface area (Å²) < 4.78 is 13.7. The Morgan fingerprint density at radius 2 is 2.00 bits per heavy atom. The van der Waals surface area contributed by atoms with Crippen LogP contribution in [0.15, 0.2) is 18.2 Å². The largest absolute Gasteiger partial charge is 0.326 e. The van der Waals surface area contributed by atoms with Crippen molar-refractivity contribution < 1.29 is 4.39 Å². The lowest BCUT2D eigenvalue weighted by Crippen LogP contribution is -2.14. The van der Waals surface area contributed by atoms with Crippen molar-refractivity contribution in [1.82, 2.24) is 0 Å². The van der Waals surface area contributed by atoms with E-state index in [1.54, 1.807) is 13.8 Å². The molecule has 1 rings (SSSR count). The van der Waals surface area contributed by atoms with Crippen LogP contribution in [0.3, 0.4) is 0 Å². The van der Waals surface area contributed by atoms with Crippen LogP contribution in [0, 0.1) is 6.92 Å². The van der Waals surface area contributed by atoms with E-state index in [2.05, 4.69) is 0 Å². The highest BCUT2D eigenvalue weighted by atomic mass is 19.1. The highest BCUT2D eigenvalue weighted by molar-refractivity contribution is 5.35. The molecule has 1 aromatic carbocycles. The van der Waals surface area contributed by atoms with Gasteiger partial charge in [0, 0.05) is 6.54 Å². The smallest absolute Gasteiger partial charge is 0.130 e. The van der Waals surface area contributed by atoms with E-state index >= 15 is 0 Å². The van der Waals surface area contributed by atoms with Crippen molar-refractivity contribution >= 4 is 0 Å². The van der Waals surface area contributed by atoms with Gasteiger partial charge in [-0.1, -0.05) is 23.8 Å². The normalized spacial score (nSPS) is 11.8. The van der Waals surface area contributed by atoms with E-state index in [9.17, 15) is 4.39 Å². The number of alkyl halides is 1. The van der Waals surface area contributed by atoms with Crippen molar-refractivity contribution in [3.63, 3.8) is 0 Å². The van der Waals surface area contributed by atoms with E-state index < -0.39 is 5.67 Å². The van der Waals surface area contributed by atoms with E-state index in [0.717, 1.165) is 11.1 Å². The van der Waals surface area contributed by atoms with Crippen molar-refractivity contribution in [2.45, 2.75) is 33.0 Å². The summed E-state index contributed by atoms with van der Waals surface area (Å²) in [5.74, 6) is 0. The molecule has 0 unspecified atom stereocenters. The molecule has 0 aromatic heterocycles. The lowest BCUT2D eigenvalue weighted by Gasteiger charge is -2.19. The minimum absolute atomic E-state index is 0.392. The lowest BCUT2D eigenvalue weighted by atomic mass is 9.93. The molecule has 13 heavy (non-hydrogen) atoms. The fraction of sp³-hybridized carbons (Fsp3) is 0.455. The number of halogens is 1. The quantitative estimate of drug-likeness (QED) is 0.745. The summed E-state index contributed by atoms with van der Waals surface area (Å²) in [4.78, 5) is 0. The number of rotatable bonds is 2. The number of hydrogen-bond donors (Lipinski definition) is 1. The molecule has 2 N–H and O–H groups in total. The molecule has 0 atom stereocenters. The zero-order valence-electron chi connectivity index (χ0n) is 8.39. The zero-order chi connectivity index (χ0) is 10.1.